The van der Waals surface area contributed by atoms with Gasteiger partial charge < -0.3 is 0 Å². The number of nitrogens with zero attached hydrogens (tertiary/aromatic N) is 2. The second kappa shape index (κ2) is 6.64. The molecule has 4 nitrogen and oxygen atoms in total. The van der Waals surface area contributed by atoms with Gasteiger partial charge in [-0.15, -0.1) is 0 Å². The number of hydrogen-bond donors (Lipinski definition) is 1. The fourth-order valence-corrected chi connectivity index (χ4v) is 2.77. The van der Waals surface area contributed by atoms with Gasteiger partial charge in [0, 0.05) is 24.0 Å². The second-order valence-electron chi connectivity index (χ2n) is 6.02. The molecule has 20 heavy (non-hydrogen) atoms. The summed E-state index contributed by atoms with van der Waals surface area (Å²) < 4.78 is 0. The monoisotopic (exact) mass is 273 g/mol. The molecular weight excluding hydrogens is 250 g/mol. The van der Waals surface area contributed by atoms with Crippen LogP contribution in [0.4, 0.5) is 0 Å². The van der Waals surface area contributed by atoms with Gasteiger partial charge in [-0.3, -0.25) is 9.78 Å². The molecule has 1 fully saturated rings. The minimum Gasteiger partial charge on any atom is -0.267 e. The van der Waals surface area contributed by atoms with Crippen LogP contribution in [0.15, 0.2) is 29.6 Å². The van der Waals surface area contributed by atoms with E-state index in [-0.39, 0.29) is 5.91 Å². The third kappa shape index (κ3) is 3.65. The highest BCUT2D eigenvalue weighted by atomic mass is 16.2. The van der Waals surface area contributed by atoms with Crippen LogP contribution in [0.1, 0.15) is 50.4 Å². The minimum absolute atomic E-state index is 0.189. The largest absolute Gasteiger partial charge is 0.272 e. The van der Waals surface area contributed by atoms with Crippen molar-refractivity contribution in [3.63, 3.8) is 0 Å². The maximum absolute atomic E-state index is 12.0. The Balaban J connectivity index is 2.06. The standard InChI is InChI=1S/C16H23N3O/c1-11(2)14-7-6-12(3)9-15(14)18-19-16(20)13-5-4-8-17-10-13/h4-5,8,10-12,14H,6-7,9H2,1-3H3,(H,19,20)/b18-15+. The van der Waals surface area contributed by atoms with Crippen LogP contribution in [0.2, 0.25) is 0 Å². The molecule has 1 heterocycles. The molecule has 2 atom stereocenters. The molecule has 1 amide bonds. The van der Waals surface area contributed by atoms with Crippen LogP contribution in [0.3, 0.4) is 0 Å². The van der Waals surface area contributed by atoms with Crippen molar-refractivity contribution in [2.24, 2.45) is 22.9 Å². The Labute approximate surface area is 120 Å². The highest BCUT2D eigenvalue weighted by Crippen LogP contribution is 2.31. The Hall–Kier alpha value is -1.71. The lowest BCUT2D eigenvalue weighted by molar-refractivity contribution is 0.0953. The van der Waals surface area contributed by atoms with Crippen molar-refractivity contribution in [1.29, 1.82) is 0 Å². The first-order chi connectivity index (χ1) is 9.58. The Kier molecular flexibility index (Phi) is 4.88. The predicted molar refractivity (Wildman–Crippen MR) is 80.5 cm³/mol. The molecule has 0 aliphatic heterocycles. The SMILES string of the molecule is CC1CCC(C(C)C)/C(=N/NC(=O)c2cccnc2)C1. The average molecular weight is 273 g/mol. The molecule has 0 aromatic carbocycles. The first-order valence-electron chi connectivity index (χ1n) is 7.34. The zero-order valence-electron chi connectivity index (χ0n) is 12.5. The Bertz CT molecular complexity index is 482. The van der Waals surface area contributed by atoms with Gasteiger partial charge in [-0.05, 0) is 43.2 Å². The quantitative estimate of drug-likeness (QED) is 0.859. The lowest BCUT2D eigenvalue weighted by Gasteiger charge is -2.30. The van der Waals surface area contributed by atoms with E-state index >= 15 is 0 Å². The third-order valence-electron chi connectivity index (χ3n) is 3.99. The number of pyridine rings is 1. The smallest absolute Gasteiger partial charge is 0.267 e. The fourth-order valence-electron chi connectivity index (χ4n) is 2.77. The van der Waals surface area contributed by atoms with Gasteiger partial charge in [0.05, 0.1) is 5.56 Å². The van der Waals surface area contributed by atoms with Gasteiger partial charge in [-0.2, -0.15) is 5.10 Å². The summed E-state index contributed by atoms with van der Waals surface area (Å²) >= 11 is 0. The Morgan fingerprint density at radius 3 is 2.90 bits per heavy atom. The van der Waals surface area contributed by atoms with Crippen molar-refractivity contribution in [2.45, 2.75) is 40.0 Å². The normalized spacial score (nSPS) is 24.9. The zero-order valence-corrected chi connectivity index (χ0v) is 12.5. The van der Waals surface area contributed by atoms with E-state index in [0.717, 1.165) is 12.1 Å². The summed E-state index contributed by atoms with van der Waals surface area (Å²) in [6.07, 6.45) is 6.61. The molecule has 4 heteroatoms. The summed E-state index contributed by atoms with van der Waals surface area (Å²) in [5, 5.41) is 4.40. The zero-order chi connectivity index (χ0) is 14.5. The van der Waals surface area contributed by atoms with Crippen LogP contribution in [0.25, 0.3) is 0 Å². The van der Waals surface area contributed by atoms with Crippen molar-refractivity contribution < 1.29 is 4.79 Å². The summed E-state index contributed by atoms with van der Waals surface area (Å²) in [5.74, 6) is 1.52. The average Bonchev–Trinajstić information content (AvgIpc) is 2.45. The van der Waals surface area contributed by atoms with E-state index in [1.54, 1.807) is 24.5 Å². The number of aromatic nitrogens is 1. The molecule has 2 rings (SSSR count). The maximum atomic E-state index is 12.0. The highest BCUT2D eigenvalue weighted by molar-refractivity contribution is 5.95. The molecule has 1 aromatic rings. The number of rotatable bonds is 3. The maximum Gasteiger partial charge on any atom is 0.272 e. The molecule has 1 aromatic heterocycles. The van der Waals surface area contributed by atoms with Gasteiger partial charge in [-0.25, -0.2) is 5.43 Å². The molecule has 0 bridgehead atoms. The molecule has 1 saturated carbocycles. The molecule has 1 N–H and O–H groups in total. The third-order valence-corrected chi connectivity index (χ3v) is 3.99. The van der Waals surface area contributed by atoms with Crippen LogP contribution in [0.5, 0.6) is 0 Å². The molecular formula is C16H23N3O. The lowest BCUT2D eigenvalue weighted by atomic mass is 9.76. The van der Waals surface area contributed by atoms with Gasteiger partial charge in [0.1, 0.15) is 0 Å². The molecule has 0 spiro atoms. The molecule has 1 aliphatic rings. The number of amides is 1. The Morgan fingerprint density at radius 1 is 1.45 bits per heavy atom. The van der Waals surface area contributed by atoms with E-state index in [4.69, 9.17) is 0 Å². The first-order valence-corrected chi connectivity index (χ1v) is 7.34. The number of hydrazone groups is 1. The predicted octanol–water partition coefficient (Wildman–Crippen LogP) is 3.26. The van der Waals surface area contributed by atoms with E-state index < -0.39 is 0 Å². The van der Waals surface area contributed by atoms with Crippen LogP contribution in [-0.4, -0.2) is 16.6 Å². The molecule has 2 unspecified atom stereocenters. The van der Waals surface area contributed by atoms with Gasteiger partial charge in [0.15, 0.2) is 0 Å². The molecule has 108 valence electrons. The van der Waals surface area contributed by atoms with E-state index in [9.17, 15) is 4.79 Å². The van der Waals surface area contributed by atoms with Crippen LogP contribution >= 0.6 is 0 Å². The number of carbonyl (C=O) groups excluding carboxylic acids is 1. The van der Waals surface area contributed by atoms with Gasteiger partial charge in [-0.1, -0.05) is 20.8 Å². The van der Waals surface area contributed by atoms with E-state index in [1.807, 2.05) is 0 Å². The molecule has 1 aliphatic carbocycles. The second-order valence-corrected chi connectivity index (χ2v) is 6.02. The van der Waals surface area contributed by atoms with Gasteiger partial charge in [0.2, 0.25) is 0 Å². The Morgan fingerprint density at radius 2 is 2.25 bits per heavy atom. The highest BCUT2D eigenvalue weighted by Gasteiger charge is 2.27. The van der Waals surface area contributed by atoms with Crippen LogP contribution in [-0.2, 0) is 0 Å². The minimum atomic E-state index is -0.189. The topological polar surface area (TPSA) is 54.4 Å². The van der Waals surface area contributed by atoms with Crippen LogP contribution < -0.4 is 5.43 Å². The number of nitrogens with one attached hydrogen (secondary N) is 1. The number of hydrogen-bond acceptors (Lipinski definition) is 3. The summed E-state index contributed by atoms with van der Waals surface area (Å²) in [6, 6.07) is 3.49. The summed E-state index contributed by atoms with van der Waals surface area (Å²) in [6.45, 7) is 6.69. The summed E-state index contributed by atoms with van der Waals surface area (Å²) in [5.41, 5.74) is 4.36. The van der Waals surface area contributed by atoms with E-state index in [0.29, 0.717) is 23.3 Å². The fraction of sp³-hybridized carbons (Fsp3) is 0.562. The van der Waals surface area contributed by atoms with E-state index in [2.05, 4.69) is 36.3 Å². The molecule has 0 saturated heterocycles. The van der Waals surface area contributed by atoms with Crippen molar-refractivity contribution >= 4 is 11.6 Å². The van der Waals surface area contributed by atoms with Crippen molar-refractivity contribution in [3.05, 3.63) is 30.1 Å². The van der Waals surface area contributed by atoms with Crippen molar-refractivity contribution in [3.8, 4) is 0 Å². The lowest BCUT2D eigenvalue weighted by Crippen LogP contribution is -2.31. The van der Waals surface area contributed by atoms with Crippen LogP contribution in [0, 0.1) is 17.8 Å². The van der Waals surface area contributed by atoms with Crippen molar-refractivity contribution in [1.82, 2.24) is 10.4 Å². The van der Waals surface area contributed by atoms with Gasteiger partial charge in [0.25, 0.3) is 5.91 Å². The first kappa shape index (κ1) is 14.7. The van der Waals surface area contributed by atoms with Gasteiger partial charge >= 0.3 is 0 Å². The van der Waals surface area contributed by atoms with Crippen molar-refractivity contribution in [2.75, 3.05) is 0 Å². The number of carbonyl (C=O) groups is 1. The van der Waals surface area contributed by atoms with E-state index in [1.165, 1.54) is 12.8 Å². The summed E-state index contributed by atoms with van der Waals surface area (Å²) in [4.78, 5) is 15.9. The molecule has 0 radical (unpaired) electrons. The summed E-state index contributed by atoms with van der Waals surface area (Å²) in [7, 11) is 0.